The predicted octanol–water partition coefficient (Wildman–Crippen LogP) is -2.18. The maximum atomic E-state index is 9.37. The second-order valence-electron chi connectivity index (χ2n) is 3.17. The average molecular weight is 208 g/mol. The Morgan fingerprint density at radius 1 is 1.29 bits per heavy atom. The second-order valence-corrected chi connectivity index (χ2v) is 3.17. The Labute approximate surface area is 81.7 Å². The lowest BCUT2D eigenvalue weighted by molar-refractivity contribution is -0.258. The summed E-state index contributed by atoms with van der Waals surface area (Å²) in [5.74, 6) is 0. The van der Waals surface area contributed by atoms with Gasteiger partial charge in [-0.1, -0.05) is 0 Å². The molecule has 2 unspecified atom stereocenters. The summed E-state index contributed by atoms with van der Waals surface area (Å²) in [7, 11) is 0. The van der Waals surface area contributed by atoms with Crippen LogP contribution in [0.25, 0.3) is 0 Å². The third-order valence-corrected chi connectivity index (χ3v) is 2.11. The van der Waals surface area contributed by atoms with Crippen LogP contribution in [0.15, 0.2) is 0 Å². The highest BCUT2D eigenvalue weighted by Gasteiger charge is 2.36. The number of ether oxygens (including phenoxy) is 2. The molecule has 1 fully saturated rings. The molecule has 0 aromatic heterocycles. The van der Waals surface area contributed by atoms with Gasteiger partial charge in [-0.3, -0.25) is 0 Å². The van der Waals surface area contributed by atoms with Gasteiger partial charge in [-0.15, -0.1) is 0 Å². The summed E-state index contributed by atoms with van der Waals surface area (Å²) in [6, 6.07) is 0. The quantitative estimate of drug-likeness (QED) is 0.419. The third kappa shape index (κ3) is 2.88. The van der Waals surface area contributed by atoms with E-state index in [1.807, 2.05) is 0 Å². The van der Waals surface area contributed by atoms with E-state index in [4.69, 9.17) is 19.7 Å². The maximum absolute atomic E-state index is 9.37. The molecule has 0 aliphatic carbocycles. The van der Waals surface area contributed by atoms with E-state index in [0.717, 1.165) is 0 Å². The van der Waals surface area contributed by atoms with Crippen LogP contribution in [0, 0.1) is 0 Å². The van der Waals surface area contributed by atoms with Crippen molar-refractivity contribution in [1.29, 1.82) is 0 Å². The van der Waals surface area contributed by atoms with Gasteiger partial charge in [-0.05, 0) is 0 Å². The van der Waals surface area contributed by atoms with Crippen LogP contribution in [-0.4, -0.2) is 64.8 Å². The maximum Gasteiger partial charge on any atom is 0.160 e. The molecule has 1 saturated heterocycles. The minimum atomic E-state index is -1.09. The molecule has 1 heterocycles. The third-order valence-electron chi connectivity index (χ3n) is 2.11. The van der Waals surface area contributed by atoms with Crippen molar-refractivity contribution in [1.82, 2.24) is 0 Å². The highest BCUT2D eigenvalue weighted by molar-refractivity contribution is 4.82. The van der Waals surface area contributed by atoms with Crippen LogP contribution >= 0.6 is 0 Å². The highest BCUT2D eigenvalue weighted by Crippen LogP contribution is 2.20. The monoisotopic (exact) mass is 208 g/mol. The van der Waals surface area contributed by atoms with Crippen LogP contribution < -0.4 is 0 Å². The van der Waals surface area contributed by atoms with Crippen molar-refractivity contribution in [3.8, 4) is 0 Å². The first-order chi connectivity index (χ1) is 6.69. The van der Waals surface area contributed by atoms with Crippen LogP contribution in [-0.2, 0) is 9.47 Å². The molecular weight excluding hydrogens is 192 g/mol. The van der Waals surface area contributed by atoms with Crippen molar-refractivity contribution in [2.75, 3.05) is 19.8 Å². The Kier molecular flexibility index (Phi) is 4.73. The van der Waals surface area contributed by atoms with Gasteiger partial charge < -0.3 is 29.9 Å². The molecule has 0 spiro atoms. The standard InChI is InChI=1S/C8H16O6/c9-1-2-13-7-3-5(11)8(12)6(4-10)14-7/h5-12H,1-4H2/t5?,6-,7?,8-/m1/s1. The average Bonchev–Trinajstić information content (AvgIpc) is 2.19. The van der Waals surface area contributed by atoms with Crippen LogP contribution in [0.5, 0.6) is 0 Å². The molecule has 0 aromatic carbocycles. The number of hydrogen-bond acceptors (Lipinski definition) is 6. The van der Waals surface area contributed by atoms with Crippen molar-refractivity contribution in [3.63, 3.8) is 0 Å². The normalized spacial score (nSPS) is 38.6. The molecule has 0 amide bonds. The Bertz CT molecular complexity index is 164. The molecule has 14 heavy (non-hydrogen) atoms. The summed E-state index contributed by atoms with van der Waals surface area (Å²) in [6.07, 6.45) is -3.43. The Balaban J connectivity index is 2.41. The van der Waals surface area contributed by atoms with Gasteiger partial charge in [0.25, 0.3) is 0 Å². The Morgan fingerprint density at radius 3 is 2.57 bits per heavy atom. The van der Waals surface area contributed by atoms with Crippen molar-refractivity contribution >= 4 is 0 Å². The Morgan fingerprint density at radius 2 is 2.00 bits per heavy atom. The summed E-state index contributed by atoms with van der Waals surface area (Å²) >= 11 is 0. The lowest BCUT2D eigenvalue weighted by Crippen LogP contribution is -2.50. The van der Waals surface area contributed by atoms with Gasteiger partial charge in [-0.25, -0.2) is 0 Å². The first-order valence-electron chi connectivity index (χ1n) is 4.54. The SMILES string of the molecule is OCCOC1CC(O)[C@@H](O)[C@@H](CO)O1. The van der Waals surface area contributed by atoms with E-state index in [-0.39, 0.29) is 26.2 Å². The molecule has 1 rings (SSSR count). The number of aliphatic hydroxyl groups excluding tert-OH is 4. The van der Waals surface area contributed by atoms with E-state index in [2.05, 4.69) is 0 Å². The van der Waals surface area contributed by atoms with E-state index in [9.17, 15) is 10.2 Å². The van der Waals surface area contributed by atoms with E-state index in [1.54, 1.807) is 0 Å². The predicted molar refractivity (Wildman–Crippen MR) is 45.4 cm³/mol. The molecule has 0 bridgehead atoms. The van der Waals surface area contributed by atoms with Gasteiger partial charge >= 0.3 is 0 Å². The smallest absolute Gasteiger partial charge is 0.160 e. The fourth-order valence-corrected chi connectivity index (χ4v) is 1.36. The van der Waals surface area contributed by atoms with Crippen molar-refractivity contribution < 1.29 is 29.9 Å². The lowest BCUT2D eigenvalue weighted by Gasteiger charge is -2.35. The van der Waals surface area contributed by atoms with Crippen LogP contribution in [0.4, 0.5) is 0 Å². The van der Waals surface area contributed by atoms with E-state index in [0.29, 0.717) is 0 Å². The number of aliphatic hydroxyl groups is 4. The van der Waals surface area contributed by atoms with Gasteiger partial charge in [0.05, 0.1) is 25.9 Å². The molecule has 0 saturated carbocycles. The van der Waals surface area contributed by atoms with E-state index < -0.39 is 24.6 Å². The minimum absolute atomic E-state index is 0.103. The summed E-state index contributed by atoms with van der Waals surface area (Å²) in [4.78, 5) is 0. The summed E-state index contributed by atoms with van der Waals surface area (Å²) in [5, 5.41) is 36.0. The first kappa shape index (κ1) is 11.8. The summed E-state index contributed by atoms with van der Waals surface area (Å²) in [6.45, 7) is -0.412. The molecule has 1 aliphatic heterocycles. The molecule has 0 radical (unpaired) electrons. The number of rotatable bonds is 4. The Hall–Kier alpha value is -0.240. The lowest BCUT2D eigenvalue weighted by atomic mass is 10.0. The molecule has 0 aromatic rings. The molecular formula is C8H16O6. The van der Waals surface area contributed by atoms with Crippen molar-refractivity contribution in [2.45, 2.75) is 31.0 Å². The molecule has 4 N–H and O–H groups in total. The molecule has 84 valence electrons. The fraction of sp³-hybridized carbons (Fsp3) is 1.00. The summed E-state index contributed by atoms with van der Waals surface area (Å²) < 4.78 is 10.2. The first-order valence-corrected chi connectivity index (χ1v) is 4.54. The minimum Gasteiger partial charge on any atom is -0.394 e. The highest BCUT2D eigenvalue weighted by atomic mass is 16.7. The van der Waals surface area contributed by atoms with Gasteiger partial charge in [0.1, 0.15) is 12.2 Å². The molecule has 4 atom stereocenters. The van der Waals surface area contributed by atoms with Gasteiger partial charge in [0.15, 0.2) is 6.29 Å². The van der Waals surface area contributed by atoms with Gasteiger partial charge in [0, 0.05) is 6.42 Å². The van der Waals surface area contributed by atoms with Crippen LogP contribution in [0.3, 0.4) is 0 Å². The van der Waals surface area contributed by atoms with E-state index in [1.165, 1.54) is 0 Å². The van der Waals surface area contributed by atoms with Crippen molar-refractivity contribution in [2.24, 2.45) is 0 Å². The molecule has 6 nitrogen and oxygen atoms in total. The topological polar surface area (TPSA) is 99.4 Å². The van der Waals surface area contributed by atoms with Gasteiger partial charge in [0.2, 0.25) is 0 Å². The zero-order valence-corrected chi connectivity index (χ0v) is 7.74. The van der Waals surface area contributed by atoms with E-state index >= 15 is 0 Å². The zero-order chi connectivity index (χ0) is 10.6. The fourth-order valence-electron chi connectivity index (χ4n) is 1.36. The zero-order valence-electron chi connectivity index (χ0n) is 7.74. The van der Waals surface area contributed by atoms with Gasteiger partial charge in [-0.2, -0.15) is 0 Å². The second kappa shape index (κ2) is 5.59. The largest absolute Gasteiger partial charge is 0.394 e. The molecule has 6 heteroatoms. The van der Waals surface area contributed by atoms with Crippen molar-refractivity contribution in [3.05, 3.63) is 0 Å². The van der Waals surface area contributed by atoms with Crippen LogP contribution in [0.1, 0.15) is 6.42 Å². The molecule has 1 aliphatic rings. The van der Waals surface area contributed by atoms with Crippen LogP contribution in [0.2, 0.25) is 0 Å². The summed E-state index contributed by atoms with van der Waals surface area (Å²) in [5.41, 5.74) is 0. The number of hydrogen-bond donors (Lipinski definition) is 4.